The van der Waals surface area contributed by atoms with Gasteiger partial charge >= 0.3 is 6.09 Å². The fourth-order valence-electron chi connectivity index (χ4n) is 2.05. The summed E-state index contributed by atoms with van der Waals surface area (Å²) < 4.78 is 30.7. The molecule has 1 amide bonds. The van der Waals surface area contributed by atoms with Gasteiger partial charge in [0, 0.05) is 12.6 Å². The van der Waals surface area contributed by atoms with Crippen molar-refractivity contribution in [3.05, 3.63) is 29.6 Å². The van der Waals surface area contributed by atoms with Gasteiger partial charge in [-0.25, -0.2) is 13.6 Å². The Hall–Kier alpha value is -1.76. The SMILES string of the molecule is CC(C)(C)OC(=O)N1OCC[C@H]1c1ccnc(C(F)F)c1. The van der Waals surface area contributed by atoms with Gasteiger partial charge in [0.15, 0.2) is 0 Å². The van der Waals surface area contributed by atoms with E-state index in [1.165, 1.54) is 12.3 Å². The van der Waals surface area contributed by atoms with E-state index in [-0.39, 0.29) is 5.69 Å². The van der Waals surface area contributed by atoms with Crippen molar-refractivity contribution in [2.45, 2.75) is 45.3 Å². The number of carbonyl (C=O) groups excluding carboxylic acids is 1. The van der Waals surface area contributed by atoms with Gasteiger partial charge in [-0.15, -0.1) is 0 Å². The molecule has 7 heteroatoms. The van der Waals surface area contributed by atoms with Gasteiger partial charge in [0.25, 0.3) is 6.43 Å². The predicted molar refractivity (Wildman–Crippen MR) is 70.6 cm³/mol. The van der Waals surface area contributed by atoms with Crippen LogP contribution in [0.1, 0.15) is 50.9 Å². The molecule has 1 aliphatic rings. The number of pyridine rings is 1. The molecule has 0 aliphatic carbocycles. The summed E-state index contributed by atoms with van der Waals surface area (Å²) in [5.74, 6) is 0. The normalized spacial score (nSPS) is 19.1. The van der Waals surface area contributed by atoms with Crippen LogP contribution in [-0.4, -0.2) is 28.3 Å². The summed E-state index contributed by atoms with van der Waals surface area (Å²) in [6.07, 6.45) is -1.45. The molecular weight excluding hydrogens is 282 g/mol. The van der Waals surface area contributed by atoms with Crippen molar-refractivity contribution in [3.63, 3.8) is 0 Å². The van der Waals surface area contributed by atoms with Gasteiger partial charge in [0.05, 0.1) is 12.6 Å². The first-order valence-corrected chi connectivity index (χ1v) is 6.67. The van der Waals surface area contributed by atoms with Crippen molar-refractivity contribution in [2.24, 2.45) is 0 Å². The minimum atomic E-state index is -2.65. The van der Waals surface area contributed by atoms with Crippen LogP contribution in [0.25, 0.3) is 0 Å². The molecule has 2 heterocycles. The summed E-state index contributed by atoms with van der Waals surface area (Å²) in [6, 6.07) is 2.45. The number of ether oxygens (including phenoxy) is 1. The van der Waals surface area contributed by atoms with E-state index in [1.807, 2.05) is 0 Å². The van der Waals surface area contributed by atoms with Crippen LogP contribution in [0.5, 0.6) is 0 Å². The summed E-state index contributed by atoms with van der Waals surface area (Å²) in [5.41, 5.74) is -0.410. The Balaban J connectivity index is 2.18. The third kappa shape index (κ3) is 3.87. The summed E-state index contributed by atoms with van der Waals surface area (Å²) in [4.78, 5) is 21.0. The maximum Gasteiger partial charge on any atom is 0.435 e. The zero-order chi connectivity index (χ0) is 15.6. The lowest BCUT2D eigenvalue weighted by Crippen LogP contribution is -2.35. The molecule has 0 unspecified atom stereocenters. The second-order valence-electron chi connectivity index (χ2n) is 5.76. The highest BCUT2D eigenvalue weighted by Crippen LogP contribution is 2.32. The van der Waals surface area contributed by atoms with Crippen molar-refractivity contribution in [1.29, 1.82) is 0 Å². The number of alkyl halides is 2. The quantitative estimate of drug-likeness (QED) is 0.837. The summed E-state index contributed by atoms with van der Waals surface area (Å²) in [7, 11) is 0. The minimum absolute atomic E-state index is 0.316. The number of nitrogens with zero attached hydrogens (tertiary/aromatic N) is 2. The van der Waals surface area contributed by atoms with Crippen LogP contribution in [0.4, 0.5) is 13.6 Å². The Labute approximate surface area is 121 Å². The lowest BCUT2D eigenvalue weighted by atomic mass is 10.1. The highest BCUT2D eigenvalue weighted by Gasteiger charge is 2.35. The monoisotopic (exact) mass is 300 g/mol. The molecular formula is C14H18F2N2O3. The predicted octanol–water partition coefficient (Wildman–Crippen LogP) is 3.63. The van der Waals surface area contributed by atoms with Crippen LogP contribution in [0.3, 0.4) is 0 Å². The summed E-state index contributed by atoms with van der Waals surface area (Å²) in [5, 5.41) is 1.11. The summed E-state index contributed by atoms with van der Waals surface area (Å²) >= 11 is 0. The van der Waals surface area contributed by atoms with E-state index in [0.717, 1.165) is 5.06 Å². The van der Waals surface area contributed by atoms with Gasteiger partial charge in [-0.2, -0.15) is 5.06 Å². The van der Waals surface area contributed by atoms with Crippen molar-refractivity contribution in [3.8, 4) is 0 Å². The van der Waals surface area contributed by atoms with Crippen molar-refractivity contribution >= 4 is 6.09 Å². The van der Waals surface area contributed by atoms with Crippen molar-refractivity contribution in [2.75, 3.05) is 6.61 Å². The van der Waals surface area contributed by atoms with E-state index < -0.39 is 24.2 Å². The Morgan fingerprint density at radius 2 is 2.24 bits per heavy atom. The molecule has 0 N–H and O–H groups in total. The lowest BCUT2D eigenvalue weighted by Gasteiger charge is -2.27. The van der Waals surface area contributed by atoms with E-state index in [4.69, 9.17) is 9.57 Å². The number of halogens is 2. The molecule has 1 aromatic heterocycles. The van der Waals surface area contributed by atoms with Crippen LogP contribution >= 0.6 is 0 Å². The van der Waals surface area contributed by atoms with Gasteiger partial charge in [-0.05, 0) is 38.5 Å². The van der Waals surface area contributed by atoms with Gasteiger partial charge in [0.1, 0.15) is 11.3 Å². The Morgan fingerprint density at radius 1 is 1.52 bits per heavy atom. The van der Waals surface area contributed by atoms with E-state index in [9.17, 15) is 13.6 Å². The zero-order valence-electron chi connectivity index (χ0n) is 12.2. The highest BCUT2D eigenvalue weighted by atomic mass is 19.3. The van der Waals surface area contributed by atoms with Gasteiger partial charge < -0.3 is 4.74 Å². The molecule has 1 fully saturated rings. The first kappa shape index (κ1) is 15.6. The maximum atomic E-state index is 12.7. The molecule has 0 spiro atoms. The molecule has 5 nitrogen and oxygen atoms in total. The Kier molecular flexibility index (Phi) is 4.41. The van der Waals surface area contributed by atoms with Crippen molar-refractivity contribution in [1.82, 2.24) is 10.0 Å². The summed E-state index contributed by atoms with van der Waals surface area (Å²) in [6.45, 7) is 5.57. The first-order chi connectivity index (χ1) is 9.78. The third-order valence-corrected chi connectivity index (χ3v) is 2.89. The number of rotatable bonds is 2. The number of hydrogen-bond donors (Lipinski definition) is 0. The van der Waals surface area contributed by atoms with Crippen LogP contribution in [0.15, 0.2) is 18.3 Å². The molecule has 1 saturated heterocycles. The number of aromatic nitrogens is 1. The Morgan fingerprint density at radius 3 is 2.86 bits per heavy atom. The zero-order valence-corrected chi connectivity index (χ0v) is 12.2. The molecule has 1 atom stereocenters. The van der Waals surface area contributed by atoms with Gasteiger partial charge in [0.2, 0.25) is 0 Å². The van der Waals surface area contributed by atoms with E-state index >= 15 is 0 Å². The molecule has 1 aliphatic heterocycles. The number of hydrogen-bond acceptors (Lipinski definition) is 4. The standard InChI is InChI=1S/C14H18F2N2O3/c1-14(2,3)21-13(19)18-11(5-7-20-18)9-4-6-17-10(8-9)12(15)16/h4,6,8,11-12H,5,7H2,1-3H3/t11-/m0/s1. The smallest absolute Gasteiger partial charge is 0.435 e. The Bertz CT molecular complexity index is 517. The van der Waals surface area contributed by atoms with E-state index in [0.29, 0.717) is 18.6 Å². The average molecular weight is 300 g/mol. The van der Waals surface area contributed by atoms with Crippen LogP contribution < -0.4 is 0 Å². The van der Waals surface area contributed by atoms with Crippen LogP contribution in [-0.2, 0) is 9.57 Å². The molecule has 0 aromatic carbocycles. The fourth-order valence-corrected chi connectivity index (χ4v) is 2.05. The van der Waals surface area contributed by atoms with Crippen LogP contribution in [0, 0.1) is 0 Å². The van der Waals surface area contributed by atoms with Gasteiger partial charge in [-0.1, -0.05) is 0 Å². The second-order valence-corrected chi connectivity index (χ2v) is 5.76. The van der Waals surface area contributed by atoms with Crippen molar-refractivity contribution < 1.29 is 23.1 Å². The lowest BCUT2D eigenvalue weighted by molar-refractivity contribution is -0.125. The largest absolute Gasteiger partial charge is 0.442 e. The van der Waals surface area contributed by atoms with E-state index in [2.05, 4.69) is 4.98 Å². The molecule has 0 radical (unpaired) electrons. The minimum Gasteiger partial charge on any atom is -0.442 e. The maximum absolute atomic E-state index is 12.7. The topological polar surface area (TPSA) is 51.7 Å². The van der Waals surface area contributed by atoms with Gasteiger partial charge in [-0.3, -0.25) is 9.82 Å². The highest BCUT2D eigenvalue weighted by molar-refractivity contribution is 5.67. The average Bonchev–Trinajstić information content (AvgIpc) is 2.86. The third-order valence-electron chi connectivity index (χ3n) is 2.89. The van der Waals surface area contributed by atoms with Crippen LogP contribution in [0.2, 0.25) is 0 Å². The second kappa shape index (κ2) is 5.93. The molecule has 21 heavy (non-hydrogen) atoms. The fraction of sp³-hybridized carbons (Fsp3) is 0.571. The number of carbonyl (C=O) groups is 1. The molecule has 116 valence electrons. The number of amides is 1. The first-order valence-electron chi connectivity index (χ1n) is 6.67. The molecule has 2 rings (SSSR count). The molecule has 1 aromatic rings. The van der Waals surface area contributed by atoms with E-state index in [1.54, 1.807) is 26.8 Å². The molecule has 0 bridgehead atoms. The molecule has 0 saturated carbocycles. The number of hydroxylamine groups is 2.